The largest absolute Gasteiger partial charge is 0.376 e. The molecule has 4 atom stereocenters. The normalized spacial score (nSPS) is 34.9. The lowest BCUT2D eigenvalue weighted by Crippen LogP contribution is -2.63. The Kier molecular flexibility index (Phi) is 5.70. The summed E-state index contributed by atoms with van der Waals surface area (Å²) in [5.41, 5.74) is 0. The van der Waals surface area contributed by atoms with Crippen LogP contribution in [0, 0.1) is 0 Å². The van der Waals surface area contributed by atoms with Crippen LogP contribution >= 0.6 is 0 Å². The quantitative estimate of drug-likeness (QED) is 0.658. The predicted molar refractivity (Wildman–Crippen MR) is 83.5 cm³/mol. The third kappa shape index (κ3) is 3.72. The molecule has 3 aliphatic heterocycles. The van der Waals surface area contributed by atoms with E-state index in [2.05, 4.69) is 0 Å². The summed E-state index contributed by atoms with van der Waals surface area (Å²) >= 11 is 0. The average Bonchev–Trinajstić information content (AvgIpc) is 2.63. The minimum absolute atomic E-state index is 0.0570. The molecule has 24 heavy (non-hydrogen) atoms. The molecule has 2 amide bonds. The molecular weight excluding hydrogens is 316 g/mol. The summed E-state index contributed by atoms with van der Waals surface area (Å²) < 4.78 is 21.7. The van der Waals surface area contributed by atoms with Crippen LogP contribution in [0.4, 0.5) is 0 Å². The molecule has 0 aliphatic carbocycles. The fraction of sp³-hybridized carbons (Fsp3) is 0.875. The minimum atomic E-state index is -0.536. The first-order valence-corrected chi connectivity index (χ1v) is 8.57. The number of ether oxygens (including phenoxy) is 4. The van der Waals surface area contributed by atoms with Crippen molar-refractivity contribution in [3.05, 3.63) is 0 Å². The van der Waals surface area contributed by atoms with Gasteiger partial charge in [0.2, 0.25) is 0 Å². The second-order valence-corrected chi connectivity index (χ2v) is 6.55. The van der Waals surface area contributed by atoms with Crippen molar-refractivity contribution in [3.63, 3.8) is 0 Å². The zero-order valence-electron chi connectivity index (χ0n) is 14.3. The molecule has 0 aromatic heterocycles. The van der Waals surface area contributed by atoms with Gasteiger partial charge < -0.3 is 28.7 Å². The molecule has 8 heteroatoms. The van der Waals surface area contributed by atoms with Gasteiger partial charge in [0.15, 0.2) is 12.2 Å². The maximum atomic E-state index is 12.7. The lowest BCUT2D eigenvalue weighted by atomic mass is 10.1. The average molecular weight is 342 g/mol. The Morgan fingerprint density at radius 1 is 0.750 bits per heavy atom. The third-order valence-corrected chi connectivity index (χ3v) is 4.73. The number of nitrogens with zero attached hydrogens (tertiary/aromatic N) is 2. The Labute approximate surface area is 141 Å². The van der Waals surface area contributed by atoms with Crippen LogP contribution in [0.3, 0.4) is 0 Å². The maximum absolute atomic E-state index is 12.7. The van der Waals surface area contributed by atoms with Gasteiger partial charge in [-0.15, -0.1) is 0 Å². The van der Waals surface area contributed by atoms with Gasteiger partial charge in [0.1, 0.15) is 0 Å². The summed E-state index contributed by atoms with van der Waals surface area (Å²) in [6.45, 7) is 7.41. The van der Waals surface area contributed by atoms with Crippen molar-refractivity contribution in [1.29, 1.82) is 0 Å². The highest BCUT2D eigenvalue weighted by Crippen LogP contribution is 2.20. The minimum Gasteiger partial charge on any atom is -0.376 e. The molecule has 0 spiro atoms. The Morgan fingerprint density at radius 3 is 1.50 bits per heavy atom. The van der Waals surface area contributed by atoms with E-state index in [1.54, 1.807) is 9.80 Å². The van der Waals surface area contributed by atoms with E-state index in [4.69, 9.17) is 18.9 Å². The first-order chi connectivity index (χ1) is 11.6. The smallest absolute Gasteiger partial charge is 0.254 e. The first kappa shape index (κ1) is 17.6. The Morgan fingerprint density at radius 2 is 1.17 bits per heavy atom. The maximum Gasteiger partial charge on any atom is 0.254 e. The standard InChI is InChI=1S/C16H26N2O6/c1-11-7-18(16(20)14-10-22-4-6-24-14)12(2)8-17(11)15(19)13-9-21-3-5-23-13/h11-14H,3-10H2,1-2H3. The Hall–Kier alpha value is -1.22. The van der Waals surface area contributed by atoms with E-state index in [1.165, 1.54) is 0 Å². The molecule has 3 fully saturated rings. The summed E-state index contributed by atoms with van der Waals surface area (Å²) in [7, 11) is 0. The molecule has 0 N–H and O–H groups in total. The zero-order valence-corrected chi connectivity index (χ0v) is 14.3. The molecular formula is C16H26N2O6. The highest BCUT2D eigenvalue weighted by Gasteiger charge is 2.40. The molecule has 3 heterocycles. The second kappa shape index (κ2) is 7.77. The van der Waals surface area contributed by atoms with E-state index in [0.717, 1.165) is 0 Å². The molecule has 8 nitrogen and oxygen atoms in total. The number of carbonyl (C=O) groups is 2. The number of hydrogen-bond acceptors (Lipinski definition) is 6. The molecule has 3 aliphatic rings. The van der Waals surface area contributed by atoms with Crippen molar-refractivity contribution in [2.24, 2.45) is 0 Å². The summed E-state index contributed by atoms with van der Waals surface area (Å²) in [5, 5.41) is 0. The highest BCUT2D eigenvalue weighted by atomic mass is 16.6. The molecule has 0 aromatic carbocycles. The van der Waals surface area contributed by atoms with E-state index in [1.807, 2.05) is 13.8 Å². The van der Waals surface area contributed by atoms with Crippen LogP contribution < -0.4 is 0 Å². The molecule has 136 valence electrons. The number of amides is 2. The third-order valence-electron chi connectivity index (χ3n) is 4.73. The molecule has 0 aromatic rings. The number of hydrogen-bond donors (Lipinski definition) is 0. The lowest BCUT2D eigenvalue weighted by Gasteiger charge is -2.46. The second-order valence-electron chi connectivity index (χ2n) is 6.55. The van der Waals surface area contributed by atoms with Gasteiger partial charge in [-0.3, -0.25) is 9.59 Å². The lowest BCUT2D eigenvalue weighted by molar-refractivity contribution is -0.171. The van der Waals surface area contributed by atoms with Crippen molar-refractivity contribution in [2.45, 2.75) is 38.1 Å². The van der Waals surface area contributed by atoms with Crippen LogP contribution in [-0.4, -0.2) is 98.6 Å². The van der Waals surface area contributed by atoms with Crippen molar-refractivity contribution >= 4 is 11.8 Å². The van der Waals surface area contributed by atoms with Crippen molar-refractivity contribution in [2.75, 3.05) is 52.7 Å². The van der Waals surface area contributed by atoms with Crippen molar-refractivity contribution in [1.82, 2.24) is 9.80 Å². The summed E-state index contributed by atoms with van der Waals surface area (Å²) in [5.74, 6) is -0.114. The monoisotopic (exact) mass is 342 g/mol. The van der Waals surface area contributed by atoms with Gasteiger partial charge in [-0.1, -0.05) is 0 Å². The fourth-order valence-corrected chi connectivity index (χ4v) is 3.37. The molecule has 3 rings (SSSR count). The van der Waals surface area contributed by atoms with Gasteiger partial charge in [-0.05, 0) is 13.8 Å². The number of rotatable bonds is 2. The number of piperazine rings is 1. The molecule has 3 saturated heterocycles. The SMILES string of the molecule is CC1CN(C(=O)C2COCCO2)C(C)CN1C(=O)C1COCCO1. The Bertz CT molecular complexity index is 419. The van der Waals surface area contributed by atoms with Gasteiger partial charge in [-0.2, -0.15) is 0 Å². The zero-order chi connectivity index (χ0) is 17.1. The molecule has 0 bridgehead atoms. The van der Waals surface area contributed by atoms with Crippen LogP contribution in [-0.2, 0) is 28.5 Å². The van der Waals surface area contributed by atoms with Crippen LogP contribution in [0.1, 0.15) is 13.8 Å². The first-order valence-electron chi connectivity index (χ1n) is 8.57. The fourth-order valence-electron chi connectivity index (χ4n) is 3.37. The van der Waals surface area contributed by atoms with Gasteiger partial charge in [0, 0.05) is 25.2 Å². The van der Waals surface area contributed by atoms with E-state index in [9.17, 15) is 9.59 Å². The van der Waals surface area contributed by atoms with Crippen molar-refractivity contribution < 1.29 is 28.5 Å². The van der Waals surface area contributed by atoms with Crippen LogP contribution in [0.2, 0.25) is 0 Å². The van der Waals surface area contributed by atoms with Crippen molar-refractivity contribution in [3.8, 4) is 0 Å². The van der Waals surface area contributed by atoms with Crippen LogP contribution in [0.15, 0.2) is 0 Å². The van der Waals surface area contributed by atoms with Gasteiger partial charge >= 0.3 is 0 Å². The summed E-state index contributed by atoms with van der Waals surface area (Å²) in [4.78, 5) is 28.9. The van der Waals surface area contributed by atoms with E-state index in [-0.39, 0.29) is 23.9 Å². The van der Waals surface area contributed by atoms with Gasteiger partial charge in [0.25, 0.3) is 11.8 Å². The van der Waals surface area contributed by atoms with Crippen LogP contribution in [0.25, 0.3) is 0 Å². The van der Waals surface area contributed by atoms with E-state index < -0.39 is 12.2 Å². The topological polar surface area (TPSA) is 77.5 Å². The predicted octanol–water partition coefficient (Wildman–Crippen LogP) is -0.735. The van der Waals surface area contributed by atoms with E-state index in [0.29, 0.717) is 52.7 Å². The molecule has 4 unspecified atom stereocenters. The summed E-state index contributed by atoms with van der Waals surface area (Å²) in [6.07, 6.45) is -1.07. The summed E-state index contributed by atoms with van der Waals surface area (Å²) in [6, 6.07) is -0.152. The molecule has 0 radical (unpaired) electrons. The Balaban J connectivity index is 1.60. The van der Waals surface area contributed by atoms with Gasteiger partial charge in [0.05, 0.1) is 39.6 Å². The van der Waals surface area contributed by atoms with E-state index >= 15 is 0 Å². The van der Waals surface area contributed by atoms with Gasteiger partial charge in [-0.25, -0.2) is 0 Å². The highest BCUT2D eigenvalue weighted by molar-refractivity contribution is 5.84. The van der Waals surface area contributed by atoms with Crippen LogP contribution in [0.5, 0.6) is 0 Å². The molecule has 0 saturated carbocycles. The number of carbonyl (C=O) groups excluding carboxylic acids is 2.